The first-order chi connectivity index (χ1) is 13.2. The Hall–Kier alpha value is -2.86. The van der Waals surface area contributed by atoms with Crippen LogP contribution in [0.15, 0.2) is 72.1 Å². The number of thioether (sulfide) groups is 1. The fourth-order valence-electron chi connectivity index (χ4n) is 2.94. The van der Waals surface area contributed by atoms with E-state index in [4.69, 9.17) is 9.72 Å². The molecule has 0 aliphatic heterocycles. The zero-order valence-corrected chi connectivity index (χ0v) is 15.6. The lowest BCUT2D eigenvalue weighted by molar-refractivity contribution is 0.414. The minimum atomic E-state index is -0.236. The van der Waals surface area contributed by atoms with E-state index >= 15 is 0 Å². The highest BCUT2D eigenvalue weighted by atomic mass is 32.2. The smallest absolute Gasteiger partial charge is 0.169 e. The molecule has 4 aromatic rings. The summed E-state index contributed by atoms with van der Waals surface area (Å²) >= 11 is 1.64. The van der Waals surface area contributed by atoms with Crippen molar-refractivity contribution in [1.29, 1.82) is 0 Å². The largest absolute Gasteiger partial charge is 0.497 e. The molecule has 2 aromatic heterocycles. The van der Waals surface area contributed by atoms with Crippen molar-refractivity contribution in [2.24, 2.45) is 0 Å². The lowest BCUT2D eigenvalue weighted by Gasteiger charge is -2.09. The molecule has 0 atom stereocenters. The first-order valence-electron chi connectivity index (χ1n) is 8.53. The molecular formula is C21H18FN3OS. The summed E-state index contributed by atoms with van der Waals surface area (Å²) in [7, 11) is 1.66. The number of pyridine rings is 1. The van der Waals surface area contributed by atoms with Crippen molar-refractivity contribution in [2.75, 3.05) is 7.11 Å². The molecule has 136 valence electrons. The van der Waals surface area contributed by atoms with Gasteiger partial charge in [-0.05, 0) is 41.5 Å². The molecule has 0 aliphatic rings. The van der Waals surface area contributed by atoms with Crippen molar-refractivity contribution >= 4 is 22.8 Å². The molecule has 0 aliphatic carbocycles. The third-order valence-corrected chi connectivity index (χ3v) is 5.29. The Bertz CT molecular complexity index is 1080. The number of benzene rings is 2. The Labute approximate surface area is 161 Å². The van der Waals surface area contributed by atoms with Crippen LogP contribution in [0.25, 0.3) is 11.0 Å². The van der Waals surface area contributed by atoms with E-state index in [1.807, 2.05) is 30.3 Å². The number of fused-ring (bicyclic) bond motifs is 1. The summed E-state index contributed by atoms with van der Waals surface area (Å²) in [5, 5.41) is 0.880. The van der Waals surface area contributed by atoms with Gasteiger partial charge in [-0.3, -0.25) is 4.98 Å². The lowest BCUT2D eigenvalue weighted by atomic mass is 10.2. The molecule has 0 saturated heterocycles. The van der Waals surface area contributed by atoms with E-state index in [2.05, 4.69) is 15.6 Å². The van der Waals surface area contributed by atoms with E-state index in [1.165, 1.54) is 6.07 Å². The highest BCUT2D eigenvalue weighted by Gasteiger charge is 2.12. The number of aromatic nitrogens is 3. The molecule has 6 heteroatoms. The predicted octanol–water partition coefficient (Wildman–Crippen LogP) is 4.92. The van der Waals surface area contributed by atoms with Crippen molar-refractivity contribution in [1.82, 2.24) is 14.5 Å². The molecule has 0 bridgehead atoms. The summed E-state index contributed by atoms with van der Waals surface area (Å²) in [4.78, 5) is 8.98. The summed E-state index contributed by atoms with van der Waals surface area (Å²) < 4.78 is 21.0. The quantitative estimate of drug-likeness (QED) is 0.446. The highest BCUT2D eigenvalue weighted by Crippen LogP contribution is 2.28. The van der Waals surface area contributed by atoms with Gasteiger partial charge >= 0.3 is 0 Å². The Balaban J connectivity index is 1.65. The molecule has 4 rings (SSSR count). The molecule has 0 fully saturated rings. The Morgan fingerprint density at radius 3 is 2.78 bits per heavy atom. The fraction of sp³-hybridized carbons (Fsp3) is 0.143. The van der Waals surface area contributed by atoms with Gasteiger partial charge in [-0.15, -0.1) is 0 Å². The first kappa shape index (κ1) is 17.5. The predicted molar refractivity (Wildman–Crippen MR) is 106 cm³/mol. The summed E-state index contributed by atoms with van der Waals surface area (Å²) in [5.74, 6) is 1.36. The second-order valence-corrected chi connectivity index (χ2v) is 7.06. The van der Waals surface area contributed by atoms with E-state index in [-0.39, 0.29) is 5.82 Å². The van der Waals surface area contributed by atoms with Crippen molar-refractivity contribution in [3.8, 4) is 5.75 Å². The number of hydrogen-bond acceptors (Lipinski definition) is 4. The molecule has 0 radical (unpaired) electrons. The van der Waals surface area contributed by atoms with Gasteiger partial charge < -0.3 is 9.30 Å². The van der Waals surface area contributed by atoms with Crippen molar-refractivity contribution < 1.29 is 9.13 Å². The number of halogens is 1. The Morgan fingerprint density at radius 2 is 1.93 bits per heavy atom. The van der Waals surface area contributed by atoms with Crippen LogP contribution in [0.4, 0.5) is 4.39 Å². The van der Waals surface area contributed by atoms with Gasteiger partial charge in [0.05, 0.1) is 30.9 Å². The topological polar surface area (TPSA) is 39.9 Å². The van der Waals surface area contributed by atoms with Gasteiger partial charge in [0.25, 0.3) is 0 Å². The minimum Gasteiger partial charge on any atom is -0.497 e. The number of imidazole rings is 1. The fourth-order valence-corrected chi connectivity index (χ4v) is 3.90. The van der Waals surface area contributed by atoms with Crippen LogP contribution in [0.2, 0.25) is 0 Å². The third kappa shape index (κ3) is 3.95. The first-order valence-corrected chi connectivity index (χ1v) is 9.52. The second kappa shape index (κ2) is 7.80. The maximum absolute atomic E-state index is 13.6. The zero-order chi connectivity index (χ0) is 18.6. The summed E-state index contributed by atoms with van der Waals surface area (Å²) in [5.41, 5.74) is 3.87. The number of hydrogen-bond donors (Lipinski definition) is 0. The number of methoxy groups -OCH3 is 1. The molecule has 0 unspecified atom stereocenters. The lowest BCUT2D eigenvalue weighted by Crippen LogP contribution is -2.02. The minimum absolute atomic E-state index is 0.236. The molecule has 0 spiro atoms. The van der Waals surface area contributed by atoms with Gasteiger partial charge in [-0.2, -0.15) is 0 Å². The molecule has 2 aromatic carbocycles. The molecule has 4 nitrogen and oxygen atoms in total. The van der Waals surface area contributed by atoms with Crippen LogP contribution in [0, 0.1) is 5.82 Å². The van der Waals surface area contributed by atoms with E-state index in [9.17, 15) is 4.39 Å². The van der Waals surface area contributed by atoms with Crippen LogP contribution in [0.3, 0.4) is 0 Å². The van der Waals surface area contributed by atoms with Crippen LogP contribution >= 0.6 is 11.8 Å². The molecule has 0 N–H and O–H groups in total. The maximum atomic E-state index is 13.6. The molecule has 27 heavy (non-hydrogen) atoms. The van der Waals surface area contributed by atoms with Crippen LogP contribution in [-0.4, -0.2) is 21.6 Å². The maximum Gasteiger partial charge on any atom is 0.169 e. The van der Waals surface area contributed by atoms with Gasteiger partial charge in [-0.1, -0.05) is 36.0 Å². The van der Waals surface area contributed by atoms with E-state index in [0.717, 1.165) is 38.8 Å². The van der Waals surface area contributed by atoms with Gasteiger partial charge in [0.15, 0.2) is 5.16 Å². The van der Waals surface area contributed by atoms with Gasteiger partial charge in [0.1, 0.15) is 11.6 Å². The Morgan fingerprint density at radius 1 is 1.07 bits per heavy atom. The zero-order valence-electron chi connectivity index (χ0n) is 14.8. The van der Waals surface area contributed by atoms with Gasteiger partial charge in [0.2, 0.25) is 0 Å². The summed E-state index contributed by atoms with van der Waals surface area (Å²) in [6, 6.07) is 16.5. The number of nitrogens with zero attached hydrogens (tertiary/aromatic N) is 3. The number of rotatable bonds is 6. The SMILES string of the molecule is COc1cccc(CSc2nc3ccncc3n2Cc2cccc(F)c2)c1. The summed E-state index contributed by atoms with van der Waals surface area (Å²) in [6.45, 7) is 0.542. The molecule has 0 saturated carbocycles. The van der Waals surface area contributed by atoms with Crippen molar-refractivity contribution in [3.63, 3.8) is 0 Å². The monoisotopic (exact) mass is 379 g/mol. The van der Waals surface area contributed by atoms with Crippen LogP contribution in [-0.2, 0) is 12.3 Å². The average molecular weight is 379 g/mol. The number of ether oxygens (including phenoxy) is 1. The van der Waals surface area contributed by atoms with Crippen LogP contribution in [0.5, 0.6) is 5.75 Å². The standard InChI is InChI=1S/C21H18FN3OS/c1-26-18-7-3-5-16(11-18)14-27-21-24-19-8-9-23-12-20(19)25(21)13-15-4-2-6-17(22)10-15/h2-12H,13-14H2,1H3. The van der Waals surface area contributed by atoms with Crippen molar-refractivity contribution in [3.05, 3.63) is 83.9 Å². The highest BCUT2D eigenvalue weighted by molar-refractivity contribution is 7.98. The van der Waals surface area contributed by atoms with Crippen molar-refractivity contribution in [2.45, 2.75) is 17.5 Å². The van der Waals surface area contributed by atoms with Crippen LogP contribution < -0.4 is 4.74 Å². The Kier molecular flexibility index (Phi) is 5.07. The van der Waals surface area contributed by atoms with E-state index < -0.39 is 0 Å². The molecular weight excluding hydrogens is 361 g/mol. The van der Waals surface area contributed by atoms with E-state index in [0.29, 0.717) is 6.54 Å². The van der Waals surface area contributed by atoms with E-state index in [1.54, 1.807) is 43.4 Å². The third-order valence-electron chi connectivity index (χ3n) is 4.25. The summed E-state index contributed by atoms with van der Waals surface area (Å²) in [6.07, 6.45) is 3.54. The normalized spacial score (nSPS) is 11.0. The molecule has 2 heterocycles. The molecule has 0 amide bonds. The van der Waals surface area contributed by atoms with Crippen LogP contribution in [0.1, 0.15) is 11.1 Å². The average Bonchev–Trinajstić information content (AvgIpc) is 3.04. The second-order valence-electron chi connectivity index (χ2n) is 6.12. The van der Waals surface area contributed by atoms with Gasteiger partial charge in [0, 0.05) is 11.9 Å². The van der Waals surface area contributed by atoms with Gasteiger partial charge in [-0.25, -0.2) is 9.37 Å².